The third-order valence-electron chi connectivity index (χ3n) is 6.40. The fourth-order valence-electron chi connectivity index (χ4n) is 4.48. The normalized spacial score (nSPS) is 20.8. The van der Waals surface area contributed by atoms with Gasteiger partial charge >= 0.3 is 0 Å². The lowest BCUT2D eigenvalue weighted by atomic mass is 9.76. The van der Waals surface area contributed by atoms with Crippen LogP contribution in [0.5, 0.6) is 5.75 Å². The third kappa shape index (κ3) is 5.70. The van der Waals surface area contributed by atoms with E-state index in [2.05, 4.69) is 41.4 Å². The Morgan fingerprint density at radius 3 is 2.67 bits per heavy atom. The van der Waals surface area contributed by atoms with Crippen LogP contribution in [0.4, 0.5) is 17.5 Å². The molecule has 2 aromatic rings. The average molecular weight is 538 g/mol. The van der Waals surface area contributed by atoms with E-state index in [-0.39, 0.29) is 5.91 Å². The summed E-state index contributed by atoms with van der Waals surface area (Å²) < 4.78 is 5.53. The van der Waals surface area contributed by atoms with E-state index in [1.807, 2.05) is 17.0 Å². The molecular formula is C23H30BrClN6O2. The van der Waals surface area contributed by atoms with Crippen LogP contribution >= 0.6 is 27.5 Å². The molecule has 178 valence electrons. The van der Waals surface area contributed by atoms with Crippen LogP contribution in [0, 0.1) is 11.8 Å². The maximum atomic E-state index is 13.1. The highest BCUT2D eigenvalue weighted by Gasteiger charge is 2.31. The van der Waals surface area contributed by atoms with E-state index in [4.69, 9.17) is 16.3 Å². The molecule has 0 spiro atoms. The van der Waals surface area contributed by atoms with Crippen LogP contribution in [0.3, 0.4) is 0 Å². The molecule has 8 nitrogen and oxygen atoms in total. The molecule has 1 saturated heterocycles. The van der Waals surface area contributed by atoms with E-state index in [0.29, 0.717) is 33.8 Å². The second-order valence-electron chi connectivity index (χ2n) is 8.63. The minimum absolute atomic E-state index is 0.0303. The lowest BCUT2D eigenvalue weighted by Crippen LogP contribution is -2.50. The topological polar surface area (TPSA) is 82.6 Å². The minimum Gasteiger partial charge on any atom is -0.495 e. The average Bonchev–Trinajstić information content (AvgIpc) is 2.82. The van der Waals surface area contributed by atoms with Crippen molar-refractivity contribution < 1.29 is 9.53 Å². The second-order valence-corrected chi connectivity index (χ2v) is 9.69. The molecule has 1 saturated carbocycles. The molecule has 1 amide bonds. The molecule has 10 heteroatoms. The molecule has 4 rings (SSSR count). The largest absolute Gasteiger partial charge is 0.495 e. The van der Waals surface area contributed by atoms with Gasteiger partial charge in [0.05, 0.1) is 19.0 Å². The summed E-state index contributed by atoms with van der Waals surface area (Å²) in [5, 5.41) is 7.61. The second kappa shape index (κ2) is 10.9. The number of hydrogen-bond acceptors (Lipinski definition) is 7. The van der Waals surface area contributed by atoms with Gasteiger partial charge in [0.15, 0.2) is 0 Å². The number of piperazine rings is 1. The maximum Gasteiger partial charge on any atom is 0.254 e. The van der Waals surface area contributed by atoms with Crippen LogP contribution in [0.25, 0.3) is 0 Å². The molecule has 2 N–H and O–H groups in total. The van der Waals surface area contributed by atoms with Crippen molar-refractivity contribution in [2.45, 2.75) is 12.8 Å². The highest BCUT2D eigenvalue weighted by atomic mass is 79.9. The van der Waals surface area contributed by atoms with Gasteiger partial charge in [-0.15, -0.1) is 0 Å². The summed E-state index contributed by atoms with van der Waals surface area (Å²) >= 11 is 9.64. The minimum atomic E-state index is 0.0303. The summed E-state index contributed by atoms with van der Waals surface area (Å²) in [6.07, 6.45) is 4.17. The first-order chi connectivity index (χ1) is 16.0. The van der Waals surface area contributed by atoms with E-state index >= 15 is 0 Å². The van der Waals surface area contributed by atoms with Gasteiger partial charge in [-0.3, -0.25) is 9.69 Å². The Kier molecular flexibility index (Phi) is 7.93. The SMILES string of the molecule is CNc1nc(Nc2ccc(C(=O)N3CCN(CC4CC(CBr)C4)CC3)cc2OC)ncc1Cl. The van der Waals surface area contributed by atoms with E-state index in [1.54, 1.807) is 20.2 Å². The smallest absolute Gasteiger partial charge is 0.254 e. The Bertz CT molecular complexity index is 979. The van der Waals surface area contributed by atoms with Gasteiger partial charge in [-0.1, -0.05) is 27.5 Å². The summed E-state index contributed by atoms with van der Waals surface area (Å²) in [5.41, 5.74) is 1.28. The lowest BCUT2D eigenvalue weighted by molar-refractivity contribution is 0.0559. The van der Waals surface area contributed by atoms with E-state index < -0.39 is 0 Å². The van der Waals surface area contributed by atoms with Crippen LogP contribution in [-0.2, 0) is 0 Å². The van der Waals surface area contributed by atoms with Crippen LogP contribution in [0.15, 0.2) is 24.4 Å². The number of amides is 1. The van der Waals surface area contributed by atoms with Crippen molar-refractivity contribution in [3.8, 4) is 5.75 Å². The van der Waals surface area contributed by atoms with Gasteiger partial charge < -0.3 is 20.3 Å². The number of benzene rings is 1. The molecule has 1 aromatic heterocycles. The van der Waals surface area contributed by atoms with Gasteiger partial charge in [-0.25, -0.2) is 4.98 Å². The standard InChI is InChI=1S/C23H30BrClN6O2/c1-26-21-18(25)13-27-23(29-21)28-19-4-3-17(11-20(19)33-2)22(32)31-7-5-30(6-8-31)14-16-9-15(10-16)12-24/h3-4,11,13,15-16H,5-10,12,14H2,1-2H3,(H2,26,27,28,29). The van der Waals surface area contributed by atoms with Crippen LogP contribution in [0.1, 0.15) is 23.2 Å². The van der Waals surface area contributed by atoms with Crippen molar-refractivity contribution in [1.82, 2.24) is 19.8 Å². The zero-order chi connectivity index (χ0) is 23.4. The maximum absolute atomic E-state index is 13.1. The van der Waals surface area contributed by atoms with Gasteiger partial charge in [0, 0.05) is 50.7 Å². The van der Waals surface area contributed by atoms with Gasteiger partial charge in [0.25, 0.3) is 5.91 Å². The number of methoxy groups -OCH3 is 1. The number of rotatable bonds is 8. The molecule has 0 unspecified atom stereocenters. The Morgan fingerprint density at radius 2 is 2.00 bits per heavy atom. The summed E-state index contributed by atoms with van der Waals surface area (Å²) in [6, 6.07) is 5.39. The molecule has 1 aliphatic heterocycles. The Balaban J connectivity index is 1.36. The number of halogens is 2. The molecule has 1 aromatic carbocycles. The molecule has 1 aliphatic carbocycles. The summed E-state index contributed by atoms with van der Waals surface area (Å²) in [7, 11) is 3.32. The Morgan fingerprint density at radius 1 is 1.24 bits per heavy atom. The van der Waals surface area contributed by atoms with Crippen LogP contribution in [-0.4, -0.2) is 77.9 Å². The van der Waals surface area contributed by atoms with Crippen molar-refractivity contribution in [1.29, 1.82) is 0 Å². The van der Waals surface area contributed by atoms with Crippen molar-refractivity contribution in [2.24, 2.45) is 11.8 Å². The van der Waals surface area contributed by atoms with Crippen LogP contribution < -0.4 is 15.4 Å². The van der Waals surface area contributed by atoms with E-state index in [9.17, 15) is 4.79 Å². The number of carbonyl (C=O) groups excluding carboxylic acids is 1. The first-order valence-corrected chi connectivity index (χ1v) is 12.7. The summed E-state index contributed by atoms with van der Waals surface area (Å²) in [4.78, 5) is 26.1. The van der Waals surface area contributed by atoms with Crippen molar-refractivity contribution in [2.75, 3.05) is 62.8 Å². The zero-order valence-corrected chi connectivity index (χ0v) is 21.3. The first kappa shape index (κ1) is 24.0. The number of ether oxygens (including phenoxy) is 1. The van der Waals surface area contributed by atoms with Crippen molar-refractivity contribution in [3.05, 3.63) is 35.0 Å². The number of carbonyl (C=O) groups is 1. The fraction of sp³-hybridized carbons (Fsp3) is 0.522. The molecule has 2 heterocycles. The molecule has 33 heavy (non-hydrogen) atoms. The molecule has 2 aliphatic rings. The predicted octanol–water partition coefficient (Wildman–Crippen LogP) is 4.10. The first-order valence-electron chi connectivity index (χ1n) is 11.2. The summed E-state index contributed by atoms with van der Waals surface area (Å²) in [5.74, 6) is 3.15. The van der Waals surface area contributed by atoms with E-state index in [1.165, 1.54) is 19.0 Å². The van der Waals surface area contributed by atoms with Gasteiger partial charge in [-0.2, -0.15) is 4.98 Å². The van der Waals surface area contributed by atoms with E-state index in [0.717, 1.165) is 49.9 Å². The van der Waals surface area contributed by atoms with Crippen molar-refractivity contribution >= 4 is 50.9 Å². The number of aromatic nitrogens is 2. The highest BCUT2D eigenvalue weighted by molar-refractivity contribution is 9.09. The van der Waals surface area contributed by atoms with Gasteiger partial charge in [0.2, 0.25) is 5.95 Å². The molecule has 0 bridgehead atoms. The monoisotopic (exact) mass is 536 g/mol. The summed E-state index contributed by atoms with van der Waals surface area (Å²) in [6.45, 7) is 4.52. The predicted molar refractivity (Wildman–Crippen MR) is 135 cm³/mol. The molecule has 0 atom stereocenters. The van der Waals surface area contributed by atoms with Crippen LogP contribution in [0.2, 0.25) is 5.02 Å². The van der Waals surface area contributed by atoms with Crippen molar-refractivity contribution in [3.63, 3.8) is 0 Å². The number of anilines is 3. The molecule has 0 radical (unpaired) electrons. The van der Waals surface area contributed by atoms with Gasteiger partial charge in [-0.05, 0) is 42.9 Å². The highest BCUT2D eigenvalue weighted by Crippen LogP contribution is 2.35. The number of nitrogens with one attached hydrogen (secondary N) is 2. The fourth-order valence-corrected chi connectivity index (χ4v) is 5.19. The Hall–Kier alpha value is -2.10. The molecular weight excluding hydrogens is 508 g/mol. The third-order valence-corrected chi connectivity index (χ3v) is 7.60. The number of hydrogen-bond donors (Lipinski definition) is 2. The molecule has 2 fully saturated rings. The quantitative estimate of drug-likeness (QED) is 0.491. The number of nitrogens with zero attached hydrogens (tertiary/aromatic N) is 4. The lowest BCUT2D eigenvalue weighted by Gasteiger charge is -2.41. The Labute approximate surface area is 208 Å². The van der Waals surface area contributed by atoms with Gasteiger partial charge in [0.1, 0.15) is 16.6 Å². The number of alkyl halides is 1. The zero-order valence-electron chi connectivity index (χ0n) is 19.0.